The minimum absolute atomic E-state index is 0.0991. The van der Waals surface area contributed by atoms with Crippen molar-refractivity contribution in [3.05, 3.63) is 71.2 Å². The Balaban J connectivity index is 2.01. The van der Waals surface area contributed by atoms with E-state index in [1.165, 1.54) is 0 Å². The van der Waals surface area contributed by atoms with Crippen LogP contribution in [0.25, 0.3) is 16.3 Å². The van der Waals surface area contributed by atoms with E-state index in [2.05, 4.69) is 32.9 Å². The van der Waals surface area contributed by atoms with Crippen LogP contribution in [0.3, 0.4) is 0 Å². The Labute approximate surface area is 166 Å². The minimum atomic E-state index is -0.106. The van der Waals surface area contributed by atoms with E-state index in [1.807, 2.05) is 43.3 Å². The monoisotopic (exact) mass is 373 g/mol. The predicted molar refractivity (Wildman–Crippen MR) is 115 cm³/mol. The molecule has 0 fully saturated rings. The van der Waals surface area contributed by atoms with E-state index in [9.17, 15) is 4.79 Å². The summed E-state index contributed by atoms with van der Waals surface area (Å²) in [4.78, 5) is 13.3. The average Bonchev–Trinajstić information content (AvgIpc) is 3.06. The lowest BCUT2D eigenvalue weighted by Gasteiger charge is -2.35. The van der Waals surface area contributed by atoms with E-state index in [1.54, 1.807) is 0 Å². The highest BCUT2D eigenvalue weighted by Gasteiger charge is 2.37. The van der Waals surface area contributed by atoms with Crippen LogP contribution in [0.15, 0.2) is 58.5 Å². The minimum Gasteiger partial charge on any atom is -0.466 e. The van der Waals surface area contributed by atoms with Crippen molar-refractivity contribution in [3.8, 4) is 0 Å². The lowest BCUT2D eigenvalue weighted by atomic mass is 9.68. The SMILES string of the molecule is Cc1ccc([C@H](C)C2=C(c3c(N)ccc4ccccc34)CC(C)(C)CC2=O)o1. The van der Waals surface area contributed by atoms with Gasteiger partial charge in [0.25, 0.3) is 0 Å². The summed E-state index contributed by atoms with van der Waals surface area (Å²) in [7, 11) is 0. The van der Waals surface area contributed by atoms with Gasteiger partial charge in [-0.25, -0.2) is 0 Å². The maximum Gasteiger partial charge on any atom is 0.160 e. The Kier molecular flexibility index (Phi) is 4.41. The van der Waals surface area contributed by atoms with E-state index < -0.39 is 0 Å². The molecule has 28 heavy (non-hydrogen) atoms. The fraction of sp³-hybridized carbons (Fsp3) is 0.320. The zero-order valence-electron chi connectivity index (χ0n) is 17.0. The zero-order chi connectivity index (χ0) is 20.1. The highest BCUT2D eigenvalue weighted by molar-refractivity contribution is 6.10. The van der Waals surface area contributed by atoms with Crippen molar-refractivity contribution in [1.29, 1.82) is 0 Å². The van der Waals surface area contributed by atoms with Gasteiger partial charge in [0, 0.05) is 29.2 Å². The molecule has 0 radical (unpaired) electrons. The molecule has 1 aliphatic rings. The van der Waals surface area contributed by atoms with E-state index >= 15 is 0 Å². The van der Waals surface area contributed by atoms with E-state index in [4.69, 9.17) is 10.2 Å². The van der Waals surface area contributed by atoms with Gasteiger partial charge in [-0.05, 0) is 53.3 Å². The Morgan fingerprint density at radius 3 is 2.50 bits per heavy atom. The number of carbonyl (C=O) groups is 1. The number of aryl methyl sites for hydroxylation is 1. The number of hydrogen-bond donors (Lipinski definition) is 1. The molecule has 2 aromatic carbocycles. The van der Waals surface area contributed by atoms with Gasteiger partial charge in [-0.2, -0.15) is 0 Å². The summed E-state index contributed by atoms with van der Waals surface area (Å²) in [5.41, 5.74) is 10.0. The first-order valence-corrected chi connectivity index (χ1v) is 9.87. The molecular formula is C25H27NO2. The topological polar surface area (TPSA) is 56.2 Å². The summed E-state index contributed by atoms with van der Waals surface area (Å²) in [6, 6.07) is 16.2. The third kappa shape index (κ3) is 3.15. The van der Waals surface area contributed by atoms with Crippen LogP contribution in [-0.4, -0.2) is 5.78 Å². The van der Waals surface area contributed by atoms with E-state index in [-0.39, 0.29) is 17.1 Å². The maximum atomic E-state index is 13.3. The average molecular weight is 373 g/mol. The molecule has 3 aromatic rings. The summed E-state index contributed by atoms with van der Waals surface area (Å²) in [6.45, 7) is 8.31. The van der Waals surface area contributed by atoms with Gasteiger partial charge in [0.05, 0.1) is 0 Å². The lowest BCUT2D eigenvalue weighted by molar-refractivity contribution is -0.118. The van der Waals surface area contributed by atoms with Crippen LogP contribution in [0, 0.1) is 12.3 Å². The number of hydrogen-bond acceptors (Lipinski definition) is 3. The summed E-state index contributed by atoms with van der Waals surface area (Å²) in [5, 5.41) is 2.24. The first kappa shape index (κ1) is 18.5. The molecule has 3 nitrogen and oxygen atoms in total. The number of fused-ring (bicyclic) bond motifs is 1. The van der Waals surface area contributed by atoms with Crippen LogP contribution in [0.1, 0.15) is 56.6 Å². The van der Waals surface area contributed by atoms with Crippen LogP contribution < -0.4 is 5.73 Å². The van der Waals surface area contributed by atoms with Crippen molar-refractivity contribution < 1.29 is 9.21 Å². The van der Waals surface area contributed by atoms with Gasteiger partial charge in [0.1, 0.15) is 11.5 Å². The molecule has 144 valence electrons. The van der Waals surface area contributed by atoms with Crippen molar-refractivity contribution in [2.75, 3.05) is 5.73 Å². The second-order valence-electron chi connectivity index (χ2n) is 8.75. The second-order valence-corrected chi connectivity index (χ2v) is 8.75. The van der Waals surface area contributed by atoms with Crippen molar-refractivity contribution in [3.63, 3.8) is 0 Å². The second kappa shape index (κ2) is 6.66. The highest BCUT2D eigenvalue weighted by atomic mass is 16.3. The molecule has 0 amide bonds. The van der Waals surface area contributed by atoms with E-state index in [0.717, 1.165) is 51.1 Å². The van der Waals surface area contributed by atoms with Crippen LogP contribution in [0.2, 0.25) is 0 Å². The number of ketones is 1. The summed E-state index contributed by atoms with van der Waals surface area (Å²) in [6.07, 6.45) is 1.36. The van der Waals surface area contributed by atoms with Gasteiger partial charge in [0.2, 0.25) is 0 Å². The first-order valence-electron chi connectivity index (χ1n) is 9.87. The number of benzene rings is 2. The number of nitrogen functional groups attached to an aromatic ring is 1. The van der Waals surface area contributed by atoms with Gasteiger partial charge in [-0.15, -0.1) is 0 Å². The molecule has 0 aliphatic heterocycles. The number of nitrogens with two attached hydrogens (primary N) is 1. The highest BCUT2D eigenvalue weighted by Crippen LogP contribution is 2.48. The van der Waals surface area contributed by atoms with Gasteiger partial charge in [-0.3, -0.25) is 4.79 Å². The summed E-state index contributed by atoms with van der Waals surface area (Å²) in [5.74, 6) is 1.78. The molecule has 0 unspecified atom stereocenters. The van der Waals surface area contributed by atoms with Crippen molar-refractivity contribution in [2.24, 2.45) is 5.41 Å². The molecule has 4 rings (SSSR count). The van der Waals surface area contributed by atoms with Crippen LogP contribution in [0.5, 0.6) is 0 Å². The van der Waals surface area contributed by atoms with Crippen LogP contribution in [0.4, 0.5) is 5.69 Å². The number of furan rings is 1. The number of rotatable bonds is 3. The largest absolute Gasteiger partial charge is 0.466 e. The molecule has 3 heteroatoms. The summed E-state index contributed by atoms with van der Waals surface area (Å²) >= 11 is 0. The molecule has 0 bridgehead atoms. The quantitative estimate of drug-likeness (QED) is 0.550. The van der Waals surface area contributed by atoms with Crippen LogP contribution in [-0.2, 0) is 4.79 Å². The Morgan fingerprint density at radius 2 is 1.79 bits per heavy atom. The molecule has 1 atom stereocenters. The zero-order valence-corrected chi connectivity index (χ0v) is 17.0. The van der Waals surface area contributed by atoms with Crippen molar-refractivity contribution in [2.45, 2.75) is 46.5 Å². The number of carbonyl (C=O) groups excluding carboxylic acids is 1. The fourth-order valence-corrected chi connectivity index (χ4v) is 4.51. The number of Topliss-reactive ketones (excluding diaryl/α,β-unsaturated/α-hetero) is 1. The van der Waals surface area contributed by atoms with Crippen molar-refractivity contribution >= 4 is 27.8 Å². The molecule has 0 spiro atoms. The Bertz CT molecular complexity index is 1100. The van der Waals surface area contributed by atoms with Gasteiger partial charge < -0.3 is 10.2 Å². The molecule has 0 saturated heterocycles. The molecular weight excluding hydrogens is 346 g/mol. The Morgan fingerprint density at radius 1 is 1.04 bits per heavy atom. The normalized spacial score (nSPS) is 17.9. The number of allylic oxidation sites excluding steroid dienone is 2. The molecule has 2 N–H and O–H groups in total. The molecule has 1 heterocycles. The van der Waals surface area contributed by atoms with Crippen molar-refractivity contribution in [1.82, 2.24) is 0 Å². The lowest BCUT2D eigenvalue weighted by Crippen LogP contribution is -2.27. The number of anilines is 1. The van der Waals surface area contributed by atoms with Crippen LogP contribution >= 0.6 is 0 Å². The molecule has 1 aliphatic carbocycles. The smallest absolute Gasteiger partial charge is 0.160 e. The van der Waals surface area contributed by atoms with E-state index in [0.29, 0.717) is 6.42 Å². The Hall–Kier alpha value is -2.81. The van der Waals surface area contributed by atoms with Gasteiger partial charge in [0.15, 0.2) is 5.78 Å². The standard InChI is InChI=1S/C25H27NO2/c1-15-9-12-22(28-15)16(2)23-19(13-25(3,4)14-21(23)27)24-18-8-6-5-7-17(18)10-11-20(24)26/h5-12,16H,13-14,26H2,1-4H3/t16-/m0/s1. The maximum absolute atomic E-state index is 13.3. The third-order valence-corrected chi connectivity index (χ3v) is 5.80. The van der Waals surface area contributed by atoms with Gasteiger partial charge in [-0.1, -0.05) is 51.1 Å². The fourth-order valence-electron chi connectivity index (χ4n) is 4.51. The predicted octanol–water partition coefficient (Wildman–Crippen LogP) is 6.27. The molecule has 0 saturated carbocycles. The first-order chi connectivity index (χ1) is 13.3. The summed E-state index contributed by atoms with van der Waals surface area (Å²) < 4.78 is 5.88. The molecule has 1 aromatic heterocycles. The van der Waals surface area contributed by atoms with Gasteiger partial charge >= 0.3 is 0 Å². The third-order valence-electron chi connectivity index (χ3n) is 5.80.